The van der Waals surface area contributed by atoms with Crippen molar-refractivity contribution < 1.29 is 14.3 Å². The summed E-state index contributed by atoms with van der Waals surface area (Å²) in [5.74, 6) is -0.376. The van der Waals surface area contributed by atoms with Gasteiger partial charge in [-0.1, -0.05) is 0 Å². The van der Waals surface area contributed by atoms with E-state index in [2.05, 4.69) is 10.6 Å². The number of amides is 2. The maximum Gasteiger partial charge on any atom is 0.319 e. The normalized spacial score (nSPS) is 12.0. The molecule has 2 aromatic rings. The van der Waals surface area contributed by atoms with Crippen LogP contribution in [0.1, 0.15) is 11.7 Å². The Morgan fingerprint density at radius 3 is 2.90 bits per heavy atom. The number of hydrogen-bond acceptors (Lipinski definition) is 4. The van der Waals surface area contributed by atoms with E-state index in [9.17, 15) is 14.3 Å². The minimum atomic E-state index is -0.752. The summed E-state index contributed by atoms with van der Waals surface area (Å²) < 4.78 is 13.6. The Balaban J connectivity index is 1.86. The molecule has 2 amide bonds. The molecule has 0 fully saturated rings. The zero-order valence-corrected chi connectivity index (χ0v) is 12.9. The highest BCUT2D eigenvalue weighted by atomic mass is 32.2. The lowest BCUT2D eigenvalue weighted by Crippen LogP contribution is -2.32. The molecule has 4 nitrogen and oxygen atoms in total. The van der Waals surface area contributed by atoms with Crippen molar-refractivity contribution in [1.29, 1.82) is 0 Å². The van der Waals surface area contributed by atoms with Crippen LogP contribution in [0.15, 0.2) is 39.9 Å². The summed E-state index contributed by atoms with van der Waals surface area (Å²) >= 11 is 2.78. The molecule has 0 saturated heterocycles. The zero-order chi connectivity index (χ0) is 15.2. The molecule has 2 rings (SSSR count). The third kappa shape index (κ3) is 4.45. The molecule has 1 atom stereocenters. The maximum absolute atomic E-state index is 13.6. The fourth-order valence-corrected chi connectivity index (χ4v) is 2.86. The monoisotopic (exact) mass is 326 g/mol. The van der Waals surface area contributed by atoms with Gasteiger partial charge in [0.25, 0.3) is 0 Å². The van der Waals surface area contributed by atoms with Crippen molar-refractivity contribution in [3.8, 4) is 0 Å². The summed E-state index contributed by atoms with van der Waals surface area (Å²) in [6.45, 7) is 0.0912. The molecule has 0 aliphatic heterocycles. The summed E-state index contributed by atoms with van der Waals surface area (Å²) in [6.07, 6.45) is 1.03. The van der Waals surface area contributed by atoms with Crippen molar-refractivity contribution in [2.24, 2.45) is 0 Å². The first-order valence-electron chi connectivity index (χ1n) is 6.18. The molecule has 0 spiro atoms. The summed E-state index contributed by atoms with van der Waals surface area (Å²) in [7, 11) is 0. The van der Waals surface area contributed by atoms with Crippen molar-refractivity contribution in [2.75, 3.05) is 18.1 Å². The highest BCUT2D eigenvalue weighted by Gasteiger charge is 2.10. The number of halogens is 1. The molecular weight excluding hydrogens is 311 g/mol. The number of aliphatic hydroxyl groups excluding tert-OH is 1. The first-order valence-corrected chi connectivity index (χ1v) is 8.35. The molecule has 0 bridgehead atoms. The largest absolute Gasteiger partial charge is 0.387 e. The van der Waals surface area contributed by atoms with Gasteiger partial charge in [0.1, 0.15) is 5.82 Å². The lowest BCUT2D eigenvalue weighted by Gasteiger charge is -2.12. The molecule has 0 saturated carbocycles. The van der Waals surface area contributed by atoms with Gasteiger partial charge in [0, 0.05) is 17.1 Å². The molecule has 1 aromatic heterocycles. The molecule has 0 aliphatic rings. The Morgan fingerprint density at radius 2 is 2.29 bits per heavy atom. The van der Waals surface area contributed by atoms with E-state index >= 15 is 0 Å². The Labute approximate surface area is 130 Å². The van der Waals surface area contributed by atoms with Crippen molar-refractivity contribution >= 4 is 34.8 Å². The van der Waals surface area contributed by atoms with E-state index in [1.807, 2.05) is 10.8 Å². The molecule has 1 heterocycles. The smallest absolute Gasteiger partial charge is 0.319 e. The van der Waals surface area contributed by atoms with Crippen LogP contribution in [0.25, 0.3) is 0 Å². The van der Waals surface area contributed by atoms with Gasteiger partial charge >= 0.3 is 6.03 Å². The first kappa shape index (κ1) is 15.8. The highest BCUT2D eigenvalue weighted by molar-refractivity contribution is 7.98. The summed E-state index contributed by atoms with van der Waals surface area (Å²) in [5, 5.41) is 18.6. The molecule has 1 aromatic carbocycles. The number of rotatable bonds is 5. The van der Waals surface area contributed by atoms with E-state index in [4.69, 9.17) is 0 Å². The van der Waals surface area contributed by atoms with Crippen molar-refractivity contribution in [1.82, 2.24) is 5.32 Å². The predicted molar refractivity (Wildman–Crippen MR) is 84.5 cm³/mol. The van der Waals surface area contributed by atoms with Crippen LogP contribution in [0.4, 0.5) is 14.9 Å². The average Bonchev–Trinajstić information content (AvgIpc) is 2.99. The number of thiophene rings is 1. The second kappa shape index (κ2) is 7.44. The number of hydrogen-bond donors (Lipinski definition) is 3. The Morgan fingerprint density at radius 1 is 1.48 bits per heavy atom. The molecule has 21 heavy (non-hydrogen) atoms. The van der Waals surface area contributed by atoms with Gasteiger partial charge < -0.3 is 15.7 Å². The van der Waals surface area contributed by atoms with E-state index in [0.717, 1.165) is 5.56 Å². The quantitative estimate of drug-likeness (QED) is 0.737. The van der Waals surface area contributed by atoms with Crippen LogP contribution >= 0.6 is 23.1 Å². The van der Waals surface area contributed by atoms with Gasteiger partial charge in [0.05, 0.1) is 6.10 Å². The Hall–Kier alpha value is -1.57. The summed E-state index contributed by atoms with van der Waals surface area (Å²) in [4.78, 5) is 12.2. The van der Waals surface area contributed by atoms with Gasteiger partial charge in [-0.25, -0.2) is 9.18 Å². The van der Waals surface area contributed by atoms with Crippen LogP contribution in [-0.4, -0.2) is 23.9 Å². The SMILES string of the molecule is CSc1ccc(NC(=O)NC[C@@H](O)c2ccsc2)cc1F. The van der Waals surface area contributed by atoms with Gasteiger partial charge in [-0.3, -0.25) is 0 Å². The lowest BCUT2D eigenvalue weighted by atomic mass is 10.2. The molecule has 3 N–H and O–H groups in total. The fraction of sp³-hybridized carbons (Fsp3) is 0.214. The third-order valence-corrected chi connectivity index (χ3v) is 4.27. The standard InChI is InChI=1S/C14H15FN2O2S2/c1-20-13-3-2-10(6-11(13)15)17-14(19)16-7-12(18)9-4-5-21-8-9/h2-6,8,12,18H,7H2,1H3,(H2,16,17,19)/t12-/m1/s1. The number of carbonyl (C=O) groups is 1. The fourth-order valence-electron chi connectivity index (χ4n) is 1.69. The number of anilines is 1. The van der Waals surface area contributed by atoms with Gasteiger partial charge in [-0.05, 0) is 46.8 Å². The average molecular weight is 326 g/mol. The number of benzene rings is 1. The molecular formula is C14H15FN2O2S2. The Kier molecular flexibility index (Phi) is 5.60. The first-order chi connectivity index (χ1) is 10.1. The summed E-state index contributed by atoms with van der Waals surface area (Å²) in [6, 6.07) is 5.81. The van der Waals surface area contributed by atoms with Crippen molar-refractivity contribution in [3.63, 3.8) is 0 Å². The lowest BCUT2D eigenvalue weighted by molar-refractivity contribution is 0.175. The Bertz CT molecular complexity index is 605. The second-order valence-electron chi connectivity index (χ2n) is 4.26. The van der Waals surface area contributed by atoms with Crippen LogP contribution in [0.3, 0.4) is 0 Å². The predicted octanol–water partition coefficient (Wildman–Crippen LogP) is 3.46. The van der Waals surface area contributed by atoms with Crippen LogP contribution in [0.5, 0.6) is 0 Å². The van der Waals surface area contributed by atoms with Gasteiger partial charge in [-0.2, -0.15) is 11.3 Å². The molecule has 0 aliphatic carbocycles. The van der Waals surface area contributed by atoms with Gasteiger partial charge in [0.2, 0.25) is 0 Å². The van der Waals surface area contributed by atoms with Crippen molar-refractivity contribution in [3.05, 3.63) is 46.4 Å². The molecule has 7 heteroatoms. The van der Waals surface area contributed by atoms with Crippen LogP contribution in [-0.2, 0) is 0 Å². The van der Waals surface area contributed by atoms with E-state index in [-0.39, 0.29) is 12.4 Å². The second-order valence-corrected chi connectivity index (χ2v) is 5.88. The third-order valence-electron chi connectivity index (χ3n) is 2.79. The molecule has 0 radical (unpaired) electrons. The van der Waals surface area contributed by atoms with Crippen molar-refractivity contribution in [2.45, 2.75) is 11.0 Å². The number of carbonyl (C=O) groups excluding carboxylic acids is 1. The minimum absolute atomic E-state index is 0.0912. The molecule has 0 unspecified atom stereocenters. The van der Waals surface area contributed by atoms with Crippen LogP contribution in [0.2, 0.25) is 0 Å². The van der Waals surface area contributed by atoms with E-state index in [0.29, 0.717) is 10.6 Å². The van der Waals surface area contributed by atoms with Gasteiger partial charge in [-0.15, -0.1) is 11.8 Å². The number of thioether (sulfide) groups is 1. The van der Waals surface area contributed by atoms with Gasteiger partial charge in [0.15, 0.2) is 0 Å². The summed E-state index contributed by atoms with van der Waals surface area (Å²) in [5.41, 5.74) is 1.13. The maximum atomic E-state index is 13.6. The minimum Gasteiger partial charge on any atom is -0.387 e. The number of nitrogens with one attached hydrogen (secondary N) is 2. The van der Waals surface area contributed by atoms with Crippen LogP contribution in [0, 0.1) is 5.82 Å². The van der Waals surface area contributed by atoms with Crippen LogP contribution < -0.4 is 10.6 Å². The van der Waals surface area contributed by atoms with E-state index in [1.165, 1.54) is 29.2 Å². The van der Waals surface area contributed by atoms with E-state index < -0.39 is 12.1 Å². The van der Waals surface area contributed by atoms with E-state index in [1.54, 1.807) is 24.5 Å². The number of aliphatic hydroxyl groups is 1. The topological polar surface area (TPSA) is 61.4 Å². The zero-order valence-electron chi connectivity index (χ0n) is 11.3. The number of urea groups is 1. The highest BCUT2D eigenvalue weighted by Crippen LogP contribution is 2.22. The molecule has 112 valence electrons.